The Labute approximate surface area is 151 Å². The maximum atomic E-state index is 13.0. The lowest BCUT2D eigenvalue weighted by molar-refractivity contribution is -0.135. The zero-order valence-corrected chi connectivity index (χ0v) is 15.4. The van der Waals surface area contributed by atoms with Crippen LogP contribution in [0.2, 0.25) is 0 Å². The molecule has 25 heavy (non-hydrogen) atoms. The Morgan fingerprint density at radius 3 is 2.72 bits per heavy atom. The molecule has 1 saturated heterocycles. The van der Waals surface area contributed by atoms with E-state index in [1.807, 2.05) is 4.90 Å². The van der Waals surface area contributed by atoms with Crippen LogP contribution in [0.25, 0.3) is 0 Å². The molecule has 0 spiro atoms. The zero-order chi connectivity index (χ0) is 17.4. The molecule has 1 amide bonds. The van der Waals surface area contributed by atoms with E-state index in [1.165, 1.54) is 14.7 Å². The first-order valence-electron chi connectivity index (χ1n) is 8.48. The Morgan fingerprint density at radius 1 is 1.12 bits per heavy atom. The van der Waals surface area contributed by atoms with Gasteiger partial charge in [-0.25, -0.2) is 8.42 Å². The lowest BCUT2D eigenvalue weighted by Gasteiger charge is -2.32. The molecule has 2 aliphatic heterocycles. The monoisotopic (exact) mass is 376 g/mol. The highest BCUT2D eigenvalue weighted by molar-refractivity contribution is 7.89. The average Bonchev–Trinajstić information content (AvgIpc) is 3.30. The first kappa shape index (κ1) is 16.8. The number of thiophene rings is 1. The minimum absolute atomic E-state index is 0.0612. The van der Waals surface area contributed by atoms with Crippen LogP contribution in [0.1, 0.15) is 23.3 Å². The van der Waals surface area contributed by atoms with Crippen LogP contribution in [0.4, 0.5) is 0 Å². The van der Waals surface area contributed by atoms with Gasteiger partial charge in [0.05, 0.1) is 4.90 Å². The number of carbonyl (C=O) groups excluding carboxylic acids is 1. The quantitative estimate of drug-likeness (QED) is 0.827. The molecule has 0 saturated carbocycles. The summed E-state index contributed by atoms with van der Waals surface area (Å²) in [5, 5.41) is 2.06. The van der Waals surface area contributed by atoms with Crippen LogP contribution in [-0.4, -0.2) is 42.7 Å². The van der Waals surface area contributed by atoms with Crippen LogP contribution in [-0.2, 0) is 27.8 Å². The van der Waals surface area contributed by atoms with Gasteiger partial charge in [0.15, 0.2) is 0 Å². The van der Waals surface area contributed by atoms with Crippen molar-refractivity contribution in [3.8, 4) is 0 Å². The summed E-state index contributed by atoms with van der Waals surface area (Å²) in [5.41, 5.74) is 1.19. The van der Waals surface area contributed by atoms with Gasteiger partial charge in [-0.2, -0.15) is 4.31 Å². The maximum Gasteiger partial charge on any atom is 0.243 e. The molecule has 4 rings (SSSR count). The molecule has 0 N–H and O–H groups in total. The molecule has 1 aromatic carbocycles. The molecule has 0 aliphatic carbocycles. The summed E-state index contributed by atoms with van der Waals surface area (Å²) in [5.74, 6) is -0.0612. The van der Waals surface area contributed by atoms with Crippen LogP contribution in [0, 0.1) is 0 Å². The molecule has 2 aromatic rings. The molecule has 5 nitrogen and oxygen atoms in total. The van der Waals surface area contributed by atoms with Crippen molar-refractivity contribution in [2.75, 3.05) is 13.1 Å². The molecule has 0 radical (unpaired) electrons. The van der Waals surface area contributed by atoms with E-state index in [2.05, 4.69) is 11.4 Å². The smallest absolute Gasteiger partial charge is 0.243 e. The van der Waals surface area contributed by atoms with Crippen LogP contribution in [0.5, 0.6) is 0 Å². The second-order valence-electron chi connectivity index (χ2n) is 6.47. The molecule has 1 fully saturated rings. The lowest BCUT2D eigenvalue weighted by Crippen LogP contribution is -2.48. The van der Waals surface area contributed by atoms with Crippen molar-refractivity contribution < 1.29 is 13.2 Å². The number of fused-ring (bicyclic) bond motifs is 1. The van der Waals surface area contributed by atoms with Gasteiger partial charge in [-0.3, -0.25) is 4.79 Å². The molecule has 7 heteroatoms. The molecule has 132 valence electrons. The number of hydrogen-bond acceptors (Lipinski definition) is 4. The van der Waals surface area contributed by atoms with Gasteiger partial charge in [0, 0.05) is 24.5 Å². The fraction of sp³-hybridized carbons (Fsp3) is 0.389. The van der Waals surface area contributed by atoms with E-state index >= 15 is 0 Å². The van der Waals surface area contributed by atoms with Gasteiger partial charge in [0.2, 0.25) is 15.9 Å². The van der Waals surface area contributed by atoms with Gasteiger partial charge in [-0.15, -0.1) is 11.3 Å². The predicted molar refractivity (Wildman–Crippen MR) is 96.8 cm³/mol. The summed E-state index contributed by atoms with van der Waals surface area (Å²) in [6.45, 7) is 1.67. The summed E-state index contributed by atoms with van der Waals surface area (Å²) in [4.78, 5) is 16.5. The van der Waals surface area contributed by atoms with Crippen molar-refractivity contribution in [2.24, 2.45) is 0 Å². The highest BCUT2D eigenvalue weighted by atomic mass is 32.2. The Hall–Kier alpha value is -1.70. The molecule has 3 heterocycles. The molecule has 0 unspecified atom stereocenters. The Balaban J connectivity index is 1.57. The van der Waals surface area contributed by atoms with Crippen molar-refractivity contribution in [3.63, 3.8) is 0 Å². The third-order valence-corrected chi connectivity index (χ3v) is 7.90. The zero-order valence-electron chi connectivity index (χ0n) is 13.8. The Bertz CT molecular complexity index is 877. The highest BCUT2D eigenvalue weighted by Crippen LogP contribution is 2.30. The number of rotatable bonds is 3. The van der Waals surface area contributed by atoms with E-state index in [0.717, 1.165) is 12.8 Å². The second-order valence-corrected chi connectivity index (χ2v) is 9.36. The number of carbonyl (C=O) groups is 1. The van der Waals surface area contributed by atoms with Crippen molar-refractivity contribution in [1.82, 2.24) is 9.21 Å². The van der Waals surface area contributed by atoms with Gasteiger partial charge >= 0.3 is 0 Å². The van der Waals surface area contributed by atoms with E-state index in [9.17, 15) is 13.2 Å². The van der Waals surface area contributed by atoms with Gasteiger partial charge in [-0.1, -0.05) is 18.2 Å². The molecule has 2 aliphatic rings. The first-order chi connectivity index (χ1) is 12.1. The number of benzene rings is 1. The van der Waals surface area contributed by atoms with E-state index < -0.39 is 16.1 Å². The van der Waals surface area contributed by atoms with E-state index in [-0.39, 0.29) is 10.8 Å². The number of amides is 1. The SMILES string of the molecule is O=C([C@@H]1CCCN1S(=O)(=O)c1ccccc1)N1CCc2sccc2C1. The topological polar surface area (TPSA) is 57.7 Å². The summed E-state index contributed by atoms with van der Waals surface area (Å²) in [6, 6.07) is 9.88. The third-order valence-electron chi connectivity index (χ3n) is 4.96. The fourth-order valence-electron chi connectivity index (χ4n) is 3.65. The van der Waals surface area contributed by atoms with E-state index in [1.54, 1.807) is 41.7 Å². The minimum atomic E-state index is -3.63. The largest absolute Gasteiger partial charge is 0.337 e. The van der Waals surface area contributed by atoms with Crippen molar-refractivity contribution >= 4 is 27.3 Å². The summed E-state index contributed by atoms with van der Waals surface area (Å²) >= 11 is 1.73. The highest BCUT2D eigenvalue weighted by Gasteiger charge is 2.41. The van der Waals surface area contributed by atoms with Crippen molar-refractivity contribution in [1.29, 1.82) is 0 Å². The summed E-state index contributed by atoms with van der Waals surface area (Å²) < 4.78 is 27.3. The molecular formula is C18H20N2O3S2. The molecule has 0 bridgehead atoms. The second kappa shape index (κ2) is 6.55. The van der Waals surface area contributed by atoms with Crippen LogP contribution < -0.4 is 0 Å². The summed E-state index contributed by atoms with van der Waals surface area (Å²) in [7, 11) is -3.63. The lowest BCUT2D eigenvalue weighted by atomic mass is 10.1. The van der Waals surface area contributed by atoms with Crippen molar-refractivity contribution in [3.05, 3.63) is 52.2 Å². The third kappa shape index (κ3) is 3.01. The molecule has 1 aromatic heterocycles. The van der Waals surface area contributed by atoms with Gasteiger partial charge < -0.3 is 4.90 Å². The van der Waals surface area contributed by atoms with Gasteiger partial charge in [-0.05, 0) is 48.4 Å². The molecule has 1 atom stereocenters. The number of hydrogen-bond donors (Lipinski definition) is 0. The van der Waals surface area contributed by atoms with Crippen LogP contribution >= 0.6 is 11.3 Å². The van der Waals surface area contributed by atoms with Gasteiger partial charge in [0.25, 0.3) is 0 Å². The Kier molecular flexibility index (Phi) is 4.39. The number of sulfonamides is 1. The van der Waals surface area contributed by atoms with Crippen LogP contribution in [0.15, 0.2) is 46.7 Å². The first-order valence-corrected chi connectivity index (χ1v) is 10.8. The van der Waals surface area contributed by atoms with E-state index in [4.69, 9.17) is 0 Å². The van der Waals surface area contributed by atoms with Gasteiger partial charge in [0.1, 0.15) is 6.04 Å². The fourth-order valence-corrected chi connectivity index (χ4v) is 6.21. The predicted octanol–water partition coefficient (Wildman–Crippen LogP) is 2.49. The summed E-state index contributed by atoms with van der Waals surface area (Å²) in [6.07, 6.45) is 2.18. The minimum Gasteiger partial charge on any atom is -0.337 e. The normalized spacial score (nSPS) is 21.3. The number of nitrogens with zero attached hydrogens (tertiary/aromatic N) is 2. The van der Waals surface area contributed by atoms with Crippen LogP contribution in [0.3, 0.4) is 0 Å². The van der Waals surface area contributed by atoms with E-state index in [0.29, 0.717) is 26.1 Å². The standard InChI is InChI=1S/C18H20N2O3S2/c21-18(19-11-8-17-14(13-19)9-12-24-17)16-7-4-10-20(16)25(22,23)15-5-2-1-3-6-15/h1-3,5-6,9,12,16H,4,7-8,10-11,13H2/t16-/m0/s1. The van der Waals surface area contributed by atoms with Crippen molar-refractivity contribution in [2.45, 2.75) is 36.7 Å². The Morgan fingerprint density at radius 2 is 1.92 bits per heavy atom. The molecular weight excluding hydrogens is 356 g/mol. The average molecular weight is 377 g/mol. The maximum absolute atomic E-state index is 13.0.